The Bertz CT molecular complexity index is 306. The average Bonchev–Trinajstić information content (AvgIpc) is 2.34. The summed E-state index contributed by atoms with van der Waals surface area (Å²) in [7, 11) is 3.67. The molecule has 0 fully saturated rings. The van der Waals surface area contributed by atoms with Gasteiger partial charge in [0, 0.05) is 17.3 Å². The molecule has 0 spiro atoms. The molecule has 0 nitrogen and oxygen atoms in total. The van der Waals surface area contributed by atoms with Gasteiger partial charge in [-0.05, 0) is 11.0 Å². The second-order valence-corrected chi connectivity index (χ2v) is 6.39. The van der Waals surface area contributed by atoms with Gasteiger partial charge in [-0.1, -0.05) is 64.1 Å². The molecule has 0 aliphatic heterocycles. The van der Waals surface area contributed by atoms with Crippen LogP contribution in [0, 0.1) is 0 Å². The molecule has 16 heavy (non-hydrogen) atoms. The van der Waals surface area contributed by atoms with Crippen LogP contribution in [0.5, 0.6) is 0 Å². The van der Waals surface area contributed by atoms with Gasteiger partial charge >= 0.3 is 0 Å². The van der Waals surface area contributed by atoms with Crippen LogP contribution in [0.15, 0.2) is 54.5 Å². The molecule has 0 aromatic heterocycles. The molecule has 0 radical (unpaired) electrons. The third kappa shape index (κ3) is 7.09. The lowest BCUT2D eigenvalue weighted by Crippen LogP contribution is -1.75. The number of benzene rings is 1. The van der Waals surface area contributed by atoms with Crippen molar-refractivity contribution in [2.24, 2.45) is 0 Å². The summed E-state index contributed by atoms with van der Waals surface area (Å²) in [5, 5.41) is 2.17. The van der Waals surface area contributed by atoms with E-state index in [1.165, 1.54) is 5.56 Å². The Kier molecular flexibility index (Phi) is 8.58. The van der Waals surface area contributed by atoms with Gasteiger partial charge in [-0.3, -0.25) is 0 Å². The molecule has 0 amide bonds. The molecular weight excluding hydrogens is 252 g/mol. The Hall–Kier alpha value is -0.250. The van der Waals surface area contributed by atoms with Crippen molar-refractivity contribution < 1.29 is 0 Å². The number of thioether (sulfide) groups is 1. The van der Waals surface area contributed by atoms with E-state index >= 15 is 0 Å². The van der Waals surface area contributed by atoms with Gasteiger partial charge in [0.15, 0.2) is 0 Å². The van der Waals surface area contributed by atoms with Crippen LogP contribution in [0.1, 0.15) is 5.56 Å². The minimum absolute atomic E-state index is 1.03. The Labute approximate surface area is 110 Å². The monoisotopic (exact) mass is 268 g/mol. The Morgan fingerprint density at radius 3 is 2.69 bits per heavy atom. The smallest absolute Gasteiger partial charge is 0.0291 e. The van der Waals surface area contributed by atoms with Gasteiger partial charge in [-0.2, -0.15) is 11.8 Å². The predicted molar refractivity (Wildman–Crippen MR) is 82.0 cm³/mol. The molecule has 0 unspecified atom stereocenters. The van der Waals surface area contributed by atoms with Gasteiger partial charge in [0.2, 0.25) is 0 Å². The zero-order valence-corrected chi connectivity index (χ0v) is 11.6. The van der Waals surface area contributed by atoms with Gasteiger partial charge in [-0.15, -0.1) is 6.58 Å². The van der Waals surface area contributed by atoms with Crippen LogP contribution in [-0.2, 0) is 5.75 Å². The SMILES string of the molecule is C=CCSCC=CSSCc1ccccc1. The minimum atomic E-state index is 1.03. The largest absolute Gasteiger partial charge is 0.154 e. The highest BCUT2D eigenvalue weighted by atomic mass is 33.1. The van der Waals surface area contributed by atoms with Crippen molar-refractivity contribution >= 4 is 33.3 Å². The van der Waals surface area contributed by atoms with E-state index in [-0.39, 0.29) is 0 Å². The van der Waals surface area contributed by atoms with E-state index in [2.05, 4.69) is 48.4 Å². The fourth-order valence-electron chi connectivity index (χ4n) is 1.01. The zero-order chi connectivity index (χ0) is 11.5. The molecule has 0 saturated carbocycles. The van der Waals surface area contributed by atoms with Crippen LogP contribution in [0.3, 0.4) is 0 Å². The minimum Gasteiger partial charge on any atom is -0.154 e. The third-order valence-corrected chi connectivity index (χ3v) is 4.62. The van der Waals surface area contributed by atoms with E-state index in [4.69, 9.17) is 0 Å². The molecule has 0 atom stereocenters. The molecule has 1 aromatic rings. The first-order chi connectivity index (χ1) is 7.93. The highest BCUT2D eigenvalue weighted by Gasteiger charge is 1.90. The maximum atomic E-state index is 3.69. The van der Waals surface area contributed by atoms with E-state index < -0.39 is 0 Å². The normalized spacial score (nSPS) is 10.8. The van der Waals surface area contributed by atoms with Crippen molar-refractivity contribution in [2.75, 3.05) is 11.5 Å². The van der Waals surface area contributed by atoms with Gasteiger partial charge in [0.1, 0.15) is 0 Å². The predicted octanol–water partition coefficient (Wildman–Crippen LogP) is 5.00. The molecule has 1 rings (SSSR count). The summed E-state index contributed by atoms with van der Waals surface area (Å²) in [5.41, 5.74) is 1.38. The summed E-state index contributed by atoms with van der Waals surface area (Å²) < 4.78 is 0. The molecule has 0 saturated heterocycles. The van der Waals surface area contributed by atoms with Crippen molar-refractivity contribution in [3.63, 3.8) is 0 Å². The van der Waals surface area contributed by atoms with Crippen LogP contribution in [-0.4, -0.2) is 11.5 Å². The molecule has 1 aromatic carbocycles. The van der Waals surface area contributed by atoms with Gasteiger partial charge in [0.25, 0.3) is 0 Å². The van der Waals surface area contributed by atoms with Crippen molar-refractivity contribution in [3.05, 3.63) is 60.0 Å². The van der Waals surface area contributed by atoms with Crippen LogP contribution < -0.4 is 0 Å². The maximum Gasteiger partial charge on any atom is 0.0291 e. The van der Waals surface area contributed by atoms with E-state index in [1.54, 1.807) is 10.8 Å². The quantitative estimate of drug-likeness (QED) is 0.370. The third-order valence-electron chi connectivity index (χ3n) is 1.74. The molecular formula is C13H16S3. The van der Waals surface area contributed by atoms with Gasteiger partial charge < -0.3 is 0 Å². The molecule has 0 aliphatic rings. The number of rotatable bonds is 8. The van der Waals surface area contributed by atoms with E-state index in [9.17, 15) is 0 Å². The second kappa shape index (κ2) is 9.94. The average molecular weight is 268 g/mol. The summed E-state index contributed by atoms with van der Waals surface area (Å²) >= 11 is 1.88. The lowest BCUT2D eigenvalue weighted by Gasteiger charge is -1.97. The first-order valence-corrected chi connectivity index (χ1v) is 8.63. The van der Waals surface area contributed by atoms with Crippen LogP contribution in [0.4, 0.5) is 0 Å². The summed E-state index contributed by atoms with van der Waals surface area (Å²) in [5.74, 6) is 3.17. The summed E-state index contributed by atoms with van der Waals surface area (Å²) in [4.78, 5) is 0. The Morgan fingerprint density at radius 1 is 1.12 bits per heavy atom. The van der Waals surface area contributed by atoms with Gasteiger partial charge in [-0.25, -0.2) is 0 Å². The first kappa shape index (κ1) is 13.8. The van der Waals surface area contributed by atoms with Crippen molar-refractivity contribution in [1.29, 1.82) is 0 Å². The maximum absolute atomic E-state index is 3.69. The number of hydrogen-bond acceptors (Lipinski definition) is 3. The Balaban J connectivity index is 2.01. The topological polar surface area (TPSA) is 0 Å². The summed E-state index contributed by atoms with van der Waals surface area (Å²) in [6.07, 6.45) is 4.15. The standard InChI is InChI=1S/C13H16S3/c1-2-9-14-10-6-11-15-16-12-13-7-4-3-5-8-13/h2-8,11H,1,9-10,12H2. The fourth-order valence-corrected chi connectivity index (χ4v) is 3.40. The lowest BCUT2D eigenvalue weighted by molar-refractivity contribution is 1.43. The number of hydrogen-bond donors (Lipinski definition) is 0. The van der Waals surface area contributed by atoms with Crippen LogP contribution in [0.2, 0.25) is 0 Å². The molecule has 0 bridgehead atoms. The lowest BCUT2D eigenvalue weighted by atomic mass is 10.2. The highest BCUT2D eigenvalue weighted by Crippen LogP contribution is 2.26. The Morgan fingerprint density at radius 2 is 1.94 bits per heavy atom. The van der Waals surface area contributed by atoms with Crippen molar-refractivity contribution in [1.82, 2.24) is 0 Å². The molecule has 3 heteroatoms. The summed E-state index contributed by atoms with van der Waals surface area (Å²) in [6, 6.07) is 10.6. The highest BCUT2D eigenvalue weighted by molar-refractivity contribution is 8.77. The zero-order valence-electron chi connectivity index (χ0n) is 9.17. The molecule has 0 heterocycles. The van der Waals surface area contributed by atoms with Crippen LogP contribution >= 0.6 is 33.3 Å². The molecule has 0 aliphatic carbocycles. The van der Waals surface area contributed by atoms with Crippen molar-refractivity contribution in [2.45, 2.75) is 5.75 Å². The second-order valence-electron chi connectivity index (χ2n) is 3.04. The fraction of sp³-hybridized carbons (Fsp3) is 0.231. The van der Waals surface area contributed by atoms with E-state index in [0.29, 0.717) is 0 Å². The first-order valence-electron chi connectivity index (χ1n) is 5.09. The van der Waals surface area contributed by atoms with Gasteiger partial charge in [0.05, 0.1) is 0 Å². The van der Waals surface area contributed by atoms with Crippen molar-refractivity contribution in [3.8, 4) is 0 Å². The van der Waals surface area contributed by atoms with E-state index in [0.717, 1.165) is 17.3 Å². The summed E-state index contributed by atoms with van der Waals surface area (Å²) in [6.45, 7) is 3.69. The molecule has 86 valence electrons. The molecule has 0 N–H and O–H groups in total. The van der Waals surface area contributed by atoms with Crippen LogP contribution in [0.25, 0.3) is 0 Å². The van der Waals surface area contributed by atoms with E-state index in [1.807, 2.05) is 28.6 Å².